The zero-order chi connectivity index (χ0) is 38.0. The first-order valence-electron chi connectivity index (χ1n) is 20.2. The second-order valence-corrected chi connectivity index (χ2v) is 15.9. The topological polar surface area (TPSA) is 9.23 Å². The van der Waals surface area contributed by atoms with E-state index in [4.69, 9.17) is 4.74 Å². The number of hydrogen-bond acceptors (Lipinski definition) is 1. The molecule has 0 atom stereocenters. The summed E-state index contributed by atoms with van der Waals surface area (Å²) < 4.78 is 6.82. The van der Waals surface area contributed by atoms with E-state index in [-0.39, 0.29) is 0 Å². The summed E-state index contributed by atoms with van der Waals surface area (Å²) in [6.45, 7) is 0. The summed E-state index contributed by atoms with van der Waals surface area (Å²) in [6.07, 6.45) is 0. The highest BCUT2D eigenvalue weighted by Gasteiger charge is 2.52. The third kappa shape index (κ3) is 4.15. The van der Waals surface area contributed by atoms with Crippen LogP contribution in [0.3, 0.4) is 0 Å². The van der Waals surface area contributed by atoms with E-state index in [2.05, 4.69) is 206 Å². The SMILES string of the molecule is c1ccc2c(c1)Oc1ccccc1C21c2cc(-c3cc4ccccc4c4ccccc34)ccc2-c2c1cc(-c1cc3ccccc3c3ccccc13)c1ccccc21. The van der Waals surface area contributed by atoms with Crippen LogP contribution in [-0.2, 0) is 5.41 Å². The van der Waals surface area contributed by atoms with Crippen LogP contribution in [-0.4, -0.2) is 0 Å². The van der Waals surface area contributed by atoms with Crippen molar-refractivity contribution >= 4 is 53.9 Å². The largest absolute Gasteiger partial charge is 0.457 e. The smallest absolute Gasteiger partial charge is 0.132 e. The van der Waals surface area contributed by atoms with Crippen LogP contribution < -0.4 is 4.74 Å². The lowest BCUT2D eigenvalue weighted by molar-refractivity contribution is 0.436. The monoisotopic (exact) mass is 734 g/mol. The van der Waals surface area contributed by atoms with Gasteiger partial charge in [-0.05, 0) is 135 Å². The molecule has 0 fully saturated rings. The Morgan fingerprint density at radius 2 is 0.724 bits per heavy atom. The van der Waals surface area contributed by atoms with Crippen molar-refractivity contribution in [2.45, 2.75) is 5.41 Å². The van der Waals surface area contributed by atoms with Gasteiger partial charge < -0.3 is 4.74 Å². The van der Waals surface area contributed by atoms with Crippen LogP contribution in [0.15, 0.2) is 206 Å². The molecule has 58 heavy (non-hydrogen) atoms. The quantitative estimate of drug-likeness (QED) is 0.161. The lowest BCUT2D eigenvalue weighted by Crippen LogP contribution is -2.32. The molecule has 0 aromatic heterocycles. The van der Waals surface area contributed by atoms with Crippen LogP contribution in [0.1, 0.15) is 22.3 Å². The summed E-state index contributed by atoms with van der Waals surface area (Å²) >= 11 is 0. The molecule has 268 valence electrons. The molecule has 11 aromatic rings. The van der Waals surface area contributed by atoms with Gasteiger partial charge in [-0.2, -0.15) is 0 Å². The van der Waals surface area contributed by atoms with Gasteiger partial charge in [0.2, 0.25) is 0 Å². The minimum absolute atomic E-state index is 0.649. The molecule has 0 N–H and O–H groups in total. The first-order chi connectivity index (χ1) is 28.8. The van der Waals surface area contributed by atoms with E-state index >= 15 is 0 Å². The van der Waals surface area contributed by atoms with E-state index in [0.717, 1.165) is 11.5 Å². The highest BCUT2D eigenvalue weighted by Crippen LogP contribution is 2.64. The van der Waals surface area contributed by atoms with Gasteiger partial charge in [0.15, 0.2) is 0 Å². The van der Waals surface area contributed by atoms with Crippen molar-refractivity contribution in [1.29, 1.82) is 0 Å². The van der Waals surface area contributed by atoms with Gasteiger partial charge in [0.1, 0.15) is 11.5 Å². The van der Waals surface area contributed by atoms with Crippen molar-refractivity contribution in [3.63, 3.8) is 0 Å². The van der Waals surface area contributed by atoms with Crippen LogP contribution in [0.2, 0.25) is 0 Å². The number of hydrogen-bond donors (Lipinski definition) is 0. The van der Waals surface area contributed by atoms with Crippen LogP contribution in [0, 0.1) is 0 Å². The molecule has 0 radical (unpaired) electrons. The molecule has 0 saturated heterocycles. The zero-order valence-electron chi connectivity index (χ0n) is 31.5. The highest BCUT2D eigenvalue weighted by molar-refractivity contribution is 6.19. The van der Waals surface area contributed by atoms with Crippen LogP contribution >= 0.6 is 0 Å². The van der Waals surface area contributed by atoms with Crippen molar-refractivity contribution < 1.29 is 4.74 Å². The zero-order valence-corrected chi connectivity index (χ0v) is 31.5. The van der Waals surface area contributed by atoms with Crippen molar-refractivity contribution in [3.05, 3.63) is 229 Å². The highest BCUT2D eigenvalue weighted by atomic mass is 16.5. The maximum Gasteiger partial charge on any atom is 0.132 e. The molecule has 13 rings (SSSR count). The van der Waals surface area contributed by atoms with Gasteiger partial charge >= 0.3 is 0 Å². The predicted octanol–water partition coefficient (Wildman–Crippen LogP) is 15.3. The number of ether oxygens (including phenoxy) is 1. The summed E-state index contributed by atoms with van der Waals surface area (Å²) in [5.74, 6) is 1.79. The van der Waals surface area contributed by atoms with Gasteiger partial charge in [-0.1, -0.05) is 170 Å². The Labute approximate surface area is 336 Å². The molecule has 2 aliphatic rings. The van der Waals surface area contributed by atoms with E-state index in [9.17, 15) is 0 Å². The Hall–Kier alpha value is -7.48. The van der Waals surface area contributed by atoms with Gasteiger partial charge in [-0.15, -0.1) is 0 Å². The first-order valence-corrected chi connectivity index (χ1v) is 20.2. The third-order valence-corrected chi connectivity index (χ3v) is 13.1. The van der Waals surface area contributed by atoms with Gasteiger partial charge in [-0.25, -0.2) is 0 Å². The fourth-order valence-electron chi connectivity index (χ4n) is 10.7. The summed E-state index contributed by atoms with van der Waals surface area (Å²) in [7, 11) is 0. The second-order valence-electron chi connectivity index (χ2n) is 15.9. The number of para-hydroxylation sites is 2. The molecular weight excluding hydrogens is 701 g/mol. The Bertz CT molecular complexity index is 3510. The molecule has 0 unspecified atom stereocenters. The molecule has 11 aromatic carbocycles. The van der Waals surface area contributed by atoms with Crippen molar-refractivity contribution in [2.75, 3.05) is 0 Å². The van der Waals surface area contributed by atoms with E-state index in [1.807, 2.05) is 0 Å². The molecule has 1 spiro atoms. The van der Waals surface area contributed by atoms with Crippen LogP contribution in [0.5, 0.6) is 11.5 Å². The Balaban J connectivity index is 1.19. The van der Waals surface area contributed by atoms with E-state index in [1.165, 1.54) is 109 Å². The average Bonchev–Trinajstić information content (AvgIpc) is 3.58. The standard InChI is InChI=1S/C57H34O/c1-3-17-38-35(15-1)31-47(42-21-7-5-19-40(38)42)37-29-30-46-52(33-37)57(50-25-11-13-27-54(50)58-55-28-14-12-26-51(55)57)53-34-49(44-23-9-10-24-45(44)56(46)53)48-32-36-16-2-4-18-39(36)41-20-6-8-22-43(41)48/h1-34H. The number of benzene rings is 11. The molecular formula is C57H34O. The van der Waals surface area contributed by atoms with Crippen molar-refractivity contribution in [1.82, 2.24) is 0 Å². The summed E-state index contributed by atoms with van der Waals surface area (Å²) in [6, 6.07) is 76.4. The second kappa shape index (κ2) is 11.8. The fourth-order valence-corrected chi connectivity index (χ4v) is 10.7. The molecule has 1 aliphatic carbocycles. The molecule has 0 bridgehead atoms. The van der Waals surface area contributed by atoms with Gasteiger partial charge in [-0.3, -0.25) is 0 Å². The van der Waals surface area contributed by atoms with Gasteiger partial charge in [0.05, 0.1) is 5.41 Å². The van der Waals surface area contributed by atoms with Gasteiger partial charge in [0, 0.05) is 11.1 Å². The minimum atomic E-state index is -0.649. The van der Waals surface area contributed by atoms with E-state index in [0.29, 0.717) is 0 Å². The summed E-state index contributed by atoms with van der Waals surface area (Å²) in [5, 5.41) is 12.6. The lowest BCUT2D eigenvalue weighted by Gasteiger charge is -2.39. The summed E-state index contributed by atoms with van der Waals surface area (Å²) in [5.41, 5.74) is 11.7. The molecule has 1 heterocycles. The maximum atomic E-state index is 6.82. The molecule has 0 amide bonds. The normalized spacial score (nSPS) is 13.4. The minimum Gasteiger partial charge on any atom is -0.457 e. The van der Waals surface area contributed by atoms with E-state index < -0.39 is 5.41 Å². The molecule has 1 aliphatic heterocycles. The number of fused-ring (bicyclic) bond motifs is 17. The Kier molecular flexibility index (Phi) is 6.43. The fraction of sp³-hybridized carbons (Fsp3) is 0.0175. The number of rotatable bonds is 2. The van der Waals surface area contributed by atoms with E-state index in [1.54, 1.807) is 0 Å². The third-order valence-electron chi connectivity index (χ3n) is 13.1. The van der Waals surface area contributed by atoms with Crippen LogP contribution in [0.4, 0.5) is 0 Å². The average molecular weight is 735 g/mol. The Morgan fingerprint density at radius 3 is 1.34 bits per heavy atom. The van der Waals surface area contributed by atoms with Crippen molar-refractivity contribution in [2.24, 2.45) is 0 Å². The lowest BCUT2D eigenvalue weighted by atomic mass is 9.65. The molecule has 0 saturated carbocycles. The predicted molar refractivity (Wildman–Crippen MR) is 242 cm³/mol. The molecule has 1 heteroatoms. The van der Waals surface area contributed by atoms with Crippen molar-refractivity contribution in [3.8, 4) is 44.9 Å². The maximum absolute atomic E-state index is 6.82. The van der Waals surface area contributed by atoms with Gasteiger partial charge in [0.25, 0.3) is 0 Å². The van der Waals surface area contributed by atoms with Crippen LogP contribution in [0.25, 0.3) is 87.2 Å². The Morgan fingerprint density at radius 1 is 0.276 bits per heavy atom. The summed E-state index contributed by atoms with van der Waals surface area (Å²) in [4.78, 5) is 0. The first kappa shape index (κ1) is 31.7. The molecule has 1 nitrogen and oxygen atoms in total.